The van der Waals surface area contributed by atoms with Crippen molar-refractivity contribution in [3.63, 3.8) is 0 Å². The van der Waals surface area contributed by atoms with E-state index in [1.807, 2.05) is 0 Å². The molecule has 0 bridgehead atoms. The average Bonchev–Trinajstić information content (AvgIpc) is 3.57. The number of rotatable bonds is 6. The summed E-state index contributed by atoms with van der Waals surface area (Å²) in [5.74, 6) is 0. The molecule has 0 heterocycles. The van der Waals surface area contributed by atoms with E-state index in [1.165, 1.54) is 47.2 Å². The van der Waals surface area contributed by atoms with Crippen molar-refractivity contribution in [2.45, 2.75) is 34.9 Å². The third-order valence-electron chi connectivity index (χ3n) is 8.24. The molecule has 0 N–H and O–H groups in total. The summed E-state index contributed by atoms with van der Waals surface area (Å²) in [5, 5.41) is 0. The van der Waals surface area contributed by atoms with Crippen LogP contribution in [0.15, 0.2) is 115 Å². The van der Waals surface area contributed by atoms with Crippen LogP contribution in [0.3, 0.4) is 0 Å². The zero-order valence-corrected chi connectivity index (χ0v) is 23.8. The first-order chi connectivity index (χ1) is 17.7. The van der Waals surface area contributed by atoms with Gasteiger partial charge in [-0.2, -0.15) is 0 Å². The van der Waals surface area contributed by atoms with Crippen LogP contribution in [-0.4, -0.2) is 3.21 Å². The van der Waals surface area contributed by atoms with Gasteiger partial charge in [0, 0.05) is 0 Å². The third-order valence-corrected chi connectivity index (χ3v) is 21.7. The van der Waals surface area contributed by atoms with Crippen LogP contribution >= 0.6 is 0 Å². The number of hydrogen-bond donors (Lipinski definition) is 0. The van der Waals surface area contributed by atoms with Crippen LogP contribution in [0.25, 0.3) is 16.7 Å². The van der Waals surface area contributed by atoms with Crippen LogP contribution in [0, 0.1) is 0 Å². The van der Waals surface area contributed by atoms with E-state index in [9.17, 15) is 0 Å². The van der Waals surface area contributed by atoms with Gasteiger partial charge in [-0.25, -0.2) is 0 Å². The van der Waals surface area contributed by atoms with Gasteiger partial charge in [0.25, 0.3) is 0 Å². The minimum absolute atomic E-state index is 1.04. The zero-order chi connectivity index (χ0) is 24.5. The predicted octanol–water partition coefficient (Wildman–Crippen LogP) is 7.99. The van der Waals surface area contributed by atoms with Crippen molar-refractivity contribution in [1.29, 1.82) is 0 Å². The van der Waals surface area contributed by atoms with Crippen LogP contribution in [-0.2, 0) is 34.5 Å². The first-order valence-corrected chi connectivity index (χ1v) is 19.1. The molecule has 6 rings (SSSR count). The standard InChI is InChI=1S/C18H13.2C7H7.C3H6.Zr/c1-2-6-13(5-1)14-9-10-18-16(11-14)12-15-7-3-4-8-17(15)18;2*1-7-5-3-2-4-6-7;1-3-2;/h1-5,7-10H,6,12H2;2*2-6H,1H2;1-2H3;. The molecule has 0 amide bonds. The topological polar surface area (TPSA) is 0 Å². The molecule has 0 aliphatic heterocycles. The molecule has 36 heavy (non-hydrogen) atoms. The van der Waals surface area contributed by atoms with E-state index in [2.05, 4.69) is 129 Å². The van der Waals surface area contributed by atoms with E-state index in [4.69, 9.17) is 0 Å². The first kappa shape index (κ1) is 23.5. The van der Waals surface area contributed by atoms with Crippen molar-refractivity contribution in [3.8, 4) is 11.1 Å². The molecule has 0 fully saturated rings. The summed E-state index contributed by atoms with van der Waals surface area (Å²) in [6.07, 6.45) is 9.02. The number of allylic oxidation sites excluding steroid dienone is 4. The number of hydrogen-bond acceptors (Lipinski definition) is 0. The average molecular weight is 545 g/mol. The normalized spacial score (nSPS) is 13.9. The summed E-state index contributed by atoms with van der Waals surface area (Å²) < 4.78 is 5.84. The van der Waals surface area contributed by atoms with Crippen LogP contribution in [0.1, 0.15) is 48.1 Å². The number of benzene rings is 4. The summed E-state index contributed by atoms with van der Waals surface area (Å²) in [4.78, 5) is 0. The molecule has 0 atom stereocenters. The Bertz CT molecular complexity index is 1490. The molecule has 0 saturated carbocycles. The molecule has 0 unspecified atom stereocenters. The van der Waals surface area contributed by atoms with Crippen molar-refractivity contribution in [2.75, 3.05) is 0 Å². The van der Waals surface area contributed by atoms with Crippen molar-refractivity contribution in [3.05, 3.63) is 143 Å². The van der Waals surface area contributed by atoms with E-state index >= 15 is 0 Å². The van der Waals surface area contributed by atoms with Gasteiger partial charge in [-0.1, -0.05) is 0 Å². The Labute approximate surface area is 219 Å². The predicted molar refractivity (Wildman–Crippen MR) is 153 cm³/mol. The molecular weight excluding hydrogens is 512 g/mol. The molecule has 0 saturated heterocycles. The molecular formula is C35H33Zr. The van der Waals surface area contributed by atoms with E-state index in [0.29, 0.717) is 0 Å². The van der Waals surface area contributed by atoms with Gasteiger partial charge in [0.15, 0.2) is 0 Å². The van der Waals surface area contributed by atoms with E-state index < -0.39 is 19.8 Å². The Morgan fingerprint density at radius 1 is 0.667 bits per heavy atom. The summed E-state index contributed by atoms with van der Waals surface area (Å²) in [6, 6.07) is 36.6. The van der Waals surface area contributed by atoms with Gasteiger partial charge in [-0.05, 0) is 0 Å². The molecule has 2 aliphatic carbocycles. The van der Waals surface area contributed by atoms with Gasteiger partial charge in [0.05, 0.1) is 0 Å². The summed E-state index contributed by atoms with van der Waals surface area (Å²) in [7, 11) is 0. The van der Waals surface area contributed by atoms with E-state index in [0.717, 1.165) is 12.8 Å². The minimum atomic E-state index is -3.25. The summed E-state index contributed by atoms with van der Waals surface area (Å²) in [5.41, 5.74) is 12.0. The molecule has 4 aromatic rings. The van der Waals surface area contributed by atoms with Crippen molar-refractivity contribution >= 4 is 12.1 Å². The van der Waals surface area contributed by atoms with Gasteiger partial charge in [0.1, 0.15) is 0 Å². The van der Waals surface area contributed by atoms with Crippen LogP contribution < -0.4 is 3.27 Å². The zero-order valence-electron chi connectivity index (χ0n) is 21.3. The molecule has 4 aromatic carbocycles. The third kappa shape index (κ3) is 4.18. The van der Waals surface area contributed by atoms with Gasteiger partial charge >= 0.3 is 221 Å². The molecule has 0 spiro atoms. The monoisotopic (exact) mass is 543 g/mol. The van der Waals surface area contributed by atoms with Crippen LogP contribution in [0.2, 0.25) is 0 Å². The van der Waals surface area contributed by atoms with Crippen molar-refractivity contribution in [2.24, 2.45) is 0 Å². The Morgan fingerprint density at radius 2 is 1.28 bits per heavy atom. The Morgan fingerprint density at radius 3 is 1.89 bits per heavy atom. The number of fused-ring (bicyclic) bond motifs is 3. The Hall–Kier alpha value is -2.89. The van der Waals surface area contributed by atoms with E-state index in [1.54, 1.807) is 12.0 Å². The fourth-order valence-corrected chi connectivity index (χ4v) is 19.0. The van der Waals surface area contributed by atoms with Gasteiger partial charge < -0.3 is 0 Å². The molecule has 0 radical (unpaired) electrons. The fraction of sp³-hybridized carbons (Fsp3) is 0.171. The van der Waals surface area contributed by atoms with Gasteiger partial charge in [-0.15, -0.1) is 0 Å². The summed E-state index contributed by atoms with van der Waals surface area (Å²) >= 11 is -3.25. The van der Waals surface area contributed by atoms with Gasteiger partial charge in [-0.3, -0.25) is 0 Å². The van der Waals surface area contributed by atoms with Gasteiger partial charge in [0.2, 0.25) is 0 Å². The second-order valence-electron chi connectivity index (χ2n) is 10.6. The van der Waals surface area contributed by atoms with E-state index in [-0.39, 0.29) is 0 Å². The van der Waals surface area contributed by atoms with Crippen molar-refractivity contribution in [1.82, 2.24) is 0 Å². The maximum absolute atomic E-state index is 3.25. The Kier molecular flexibility index (Phi) is 6.45. The van der Waals surface area contributed by atoms with Crippen molar-refractivity contribution < 1.29 is 19.8 Å². The molecule has 0 nitrogen and oxygen atoms in total. The first-order valence-electron chi connectivity index (χ1n) is 13.1. The molecule has 177 valence electrons. The Balaban J connectivity index is 1.66. The van der Waals surface area contributed by atoms with Crippen LogP contribution in [0.4, 0.5) is 0 Å². The fourth-order valence-electron chi connectivity index (χ4n) is 6.40. The SMILES string of the molecule is C[C](C)=[Zr]([CH2]c1ccccc1)([CH2]c1ccccc1)[c]1c(C2=CC=CC2)ccc2c1Cc1ccccc1-2. The second-order valence-corrected chi connectivity index (χ2v) is 21.3. The quantitative estimate of drug-likeness (QED) is 0.203. The second kappa shape index (κ2) is 9.87. The summed E-state index contributed by atoms with van der Waals surface area (Å²) in [6.45, 7) is 4.91. The maximum atomic E-state index is 2.47. The molecule has 1 heteroatoms. The molecule has 0 aromatic heterocycles. The van der Waals surface area contributed by atoms with Crippen LogP contribution in [0.5, 0.6) is 0 Å². The molecule has 2 aliphatic rings.